The van der Waals surface area contributed by atoms with E-state index in [9.17, 15) is 9.50 Å². The van der Waals surface area contributed by atoms with Gasteiger partial charge in [-0.25, -0.2) is 4.39 Å². The summed E-state index contributed by atoms with van der Waals surface area (Å²) in [6.07, 6.45) is -0.375. The Morgan fingerprint density at radius 2 is 1.89 bits per heavy atom. The monoisotopic (exact) mass is 278 g/mol. The molecule has 19 heavy (non-hydrogen) atoms. The van der Waals surface area contributed by atoms with Gasteiger partial charge in [-0.2, -0.15) is 0 Å². The fraction of sp³-hybridized carbons (Fsp3) is 0.250. The first-order valence-electron chi connectivity index (χ1n) is 6.17. The molecular weight excluding hydrogens is 263 g/mol. The Kier molecular flexibility index (Phi) is 4.23. The largest absolute Gasteiger partial charge is 0.388 e. The van der Waals surface area contributed by atoms with Crippen LogP contribution < -0.4 is 0 Å². The van der Waals surface area contributed by atoms with Crippen molar-refractivity contribution in [2.75, 3.05) is 0 Å². The lowest BCUT2D eigenvalue weighted by atomic mass is 9.97. The van der Waals surface area contributed by atoms with Crippen LogP contribution in [0.2, 0.25) is 5.02 Å². The van der Waals surface area contributed by atoms with Gasteiger partial charge in [-0.15, -0.1) is 0 Å². The van der Waals surface area contributed by atoms with Crippen LogP contribution in [0, 0.1) is 19.7 Å². The summed E-state index contributed by atoms with van der Waals surface area (Å²) in [5.41, 5.74) is 3.37. The lowest BCUT2D eigenvalue weighted by molar-refractivity contribution is 0.178. The predicted molar refractivity (Wildman–Crippen MR) is 76.0 cm³/mol. The molecule has 100 valence electrons. The summed E-state index contributed by atoms with van der Waals surface area (Å²) < 4.78 is 13.2. The van der Waals surface area contributed by atoms with Crippen LogP contribution in [-0.2, 0) is 6.42 Å². The average molecular weight is 279 g/mol. The molecule has 0 aromatic heterocycles. The zero-order valence-corrected chi connectivity index (χ0v) is 11.7. The average Bonchev–Trinajstić information content (AvgIpc) is 2.37. The van der Waals surface area contributed by atoms with Crippen LogP contribution in [0.15, 0.2) is 36.4 Å². The first-order valence-corrected chi connectivity index (χ1v) is 6.55. The van der Waals surface area contributed by atoms with E-state index in [1.807, 2.05) is 26.0 Å². The van der Waals surface area contributed by atoms with Gasteiger partial charge < -0.3 is 5.11 Å². The first kappa shape index (κ1) is 14.0. The van der Waals surface area contributed by atoms with E-state index >= 15 is 0 Å². The summed E-state index contributed by atoms with van der Waals surface area (Å²) in [6, 6.07) is 10.2. The summed E-state index contributed by atoms with van der Waals surface area (Å²) in [4.78, 5) is 0. The molecule has 0 radical (unpaired) electrons. The Morgan fingerprint density at radius 1 is 1.16 bits per heavy atom. The Balaban J connectivity index is 2.28. The van der Waals surface area contributed by atoms with Gasteiger partial charge in [0.15, 0.2) is 0 Å². The highest BCUT2D eigenvalue weighted by Gasteiger charge is 2.14. The fourth-order valence-electron chi connectivity index (χ4n) is 2.11. The number of hydrogen-bond acceptors (Lipinski definition) is 1. The molecule has 0 saturated heterocycles. The van der Waals surface area contributed by atoms with Gasteiger partial charge in [-0.05, 0) is 48.2 Å². The second-order valence-corrected chi connectivity index (χ2v) is 5.15. The SMILES string of the molecule is Cc1ccc(F)cc1CC(O)c1cccc(C)c1Cl. The molecule has 0 spiro atoms. The second kappa shape index (κ2) is 5.72. The fourth-order valence-corrected chi connectivity index (χ4v) is 2.36. The van der Waals surface area contributed by atoms with E-state index in [2.05, 4.69) is 0 Å². The van der Waals surface area contributed by atoms with Gasteiger partial charge in [-0.1, -0.05) is 35.9 Å². The number of aliphatic hydroxyl groups excluding tert-OH is 1. The maximum Gasteiger partial charge on any atom is 0.123 e. The topological polar surface area (TPSA) is 20.2 Å². The van der Waals surface area contributed by atoms with E-state index in [0.29, 0.717) is 17.0 Å². The van der Waals surface area contributed by atoms with E-state index in [-0.39, 0.29) is 5.82 Å². The van der Waals surface area contributed by atoms with Crippen molar-refractivity contribution in [1.29, 1.82) is 0 Å². The molecule has 1 atom stereocenters. The molecule has 0 amide bonds. The summed E-state index contributed by atoms with van der Waals surface area (Å²) in [7, 11) is 0. The van der Waals surface area contributed by atoms with Crippen molar-refractivity contribution >= 4 is 11.6 Å². The van der Waals surface area contributed by atoms with E-state index in [0.717, 1.165) is 16.7 Å². The van der Waals surface area contributed by atoms with E-state index in [1.165, 1.54) is 12.1 Å². The van der Waals surface area contributed by atoms with Crippen LogP contribution in [0.3, 0.4) is 0 Å². The third-order valence-electron chi connectivity index (χ3n) is 3.31. The van der Waals surface area contributed by atoms with Crippen LogP contribution in [0.5, 0.6) is 0 Å². The zero-order valence-electron chi connectivity index (χ0n) is 11.0. The molecule has 2 rings (SSSR count). The predicted octanol–water partition coefficient (Wildman–Crippen LogP) is 4.37. The van der Waals surface area contributed by atoms with Crippen molar-refractivity contribution in [2.45, 2.75) is 26.4 Å². The van der Waals surface area contributed by atoms with Crippen molar-refractivity contribution in [3.63, 3.8) is 0 Å². The highest BCUT2D eigenvalue weighted by Crippen LogP contribution is 2.29. The van der Waals surface area contributed by atoms with Gasteiger partial charge in [0.1, 0.15) is 5.82 Å². The molecule has 0 fully saturated rings. The van der Waals surface area contributed by atoms with Gasteiger partial charge in [0.25, 0.3) is 0 Å². The zero-order chi connectivity index (χ0) is 14.0. The number of halogens is 2. The number of rotatable bonds is 3. The van der Waals surface area contributed by atoms with Crippen LogP contribution in [0.1, 0.15) is 28.4 Å². The molecule has 0 heterocycles. The van der Waals surface area contributed by atoms with Crippen molar-refractivity contribution in [3.8, 4) is 0 Å². The lowest BCUT2D eigenvalue weighted by Gasteiger charge is -2.15. The normalized spacial score (nSPS) is 12.5. The van der Waals surface area contributed by atoms with Gasteiger partial charge in [0.2, 0.25) is 0 Å². The highest BCUT2D eigenvalue weighted by molar-refractivity contribution is 6.32. The maximum atomic E-state index is 13.2. The first-order chi connectivity index (χ1) is 8.99. The van der Waals surface area contributed by atoms with Crippen molar-refractivity contribution in [1.82, 2.24) is 0 Å². The van der Waals surface area contributed by atoms with Crippen LogP contribution in [0.25, 0.3) is 0 Å². The minimum atomic E-state index is -0.729. The molecule has 0 aliphatic heterocycles. The highest BCUT2D eigenvalue weighted by atomic mass is 35.5. The van der Waals surface area contributed by atoms with Crippen molar-refractivity contribution in [2.24, 2.45) is 0 Å². The summed E-state index contributed by atoms with van der Waals surface area (Å²) >= 11 is 6.19. The Labute approximate surface area is 117 Å². The van der Waals surface area contributed by atoms with Crippen LogP contribution in [0.4, 0.5) is 4.39 Å². The molecule has 1 N–H and O–H groups in total. The molecule has 3 heteroatoms. The molecule has 0 aliphatic carbocycles. The Bertz CT molecular complexity index is 595. The van der Waals surface area contributed by atoms with E-state index in [1.54, 1.807) is 12.1 Å². The van der Waals surface area contributed by atoms with E-state index in [4.69, 9.17) is 11.6 Å². The molecule has 0 bridgehead atoms. The summed E-state index contributed by atoms with van der Waals surface area (Å²) in [6.45, 7) is 3.80. The quantitative estimate of drug-likeness (QED) is 0.884. The molecule has 2 aromatic carbocycles. The minimum absolute atomic E-state index is 0.289. The number of hydrogen-bond donors (Lipinski definition) is 1. The molecule has 2 aromatic rings. The van der Waals surface area contributed by atoms with Gasteiger partial charge in [-0.3, -0.25) is 0 Å². The van der Waals surface area contributed by atoms with Crippen molar-refractivity contribution in [3.05, 3.63) is 69.5 Å². The third-order valence-corrected chi connectivity index (χ3v) is 3.82. The minimum Gasteiger partial charge on any atom is -0.388 e. The molecular formula is C16H16ClFO. The standard InChI is InChI=1S/C16H16ClFO/c1-10-6-7-13(18)8-12(10)9-15(19)14-5-3-4-11(2)16(14)17/h3-8,15,19H,9H2,1-2H3. The number of aliphatic hydroxyl groups is 1. The van der Waals surface area contributed by atoms with Crippen molar-refractivity contribution < 1.29 is 9.50 Å². The van der Waals surface area contributed by atoms with Gasteiger partial charge in [0.05, 0.1) is 6.10 Å². The van der Waals surface area contributed by atoms with Crippen LogP contribution in [-0.4, -0.2) is 5.11 Å². The molecule has 0 aliphatic rings. The summed E-state index contributed by atoms with van der Waals surface area (Å²) in [5.74, 6) is -0.289. The van der Waals surface area contributed by atoms with Crippen LogP contribution >= 0.6 is 11.6 Å². The molecule has 1 unspecified atom stereocenters. The Morgan fingerprint density at radius 3 is 2.63 bits per heavy atom. The smallest absolute Gasteiger partial charge is 0.123 e. The number of benzene rings is 2. The third kappa shape index (κ3) is 3.14. The Hall–Kier alpha value is -1.38. The summed E-state index contributed by atoms with van der Waals surface area (Å²) in [5, 5.41) is 10.9. The van der Waals surface area contributed by atoms with E-state index < -0.39 is 6.10 Å². The van der Waals surface area contributed by atoms with Gasteiger partial charge >= 0.3 is 0 Å². The lowest BCUT2D eigenvalue weighted by Crippen LogP contribution is -2.05. The molecule has 1 nitrogen and oxygen atoms in total. The molecule has 0 saturated carbocycles. The second-order valence-electron chi connectivity index (χ2n) is 4.77. The maximum absolute atomic E-state index is 13.2. The number of aryl methyl sites for hydroxylation is 2. The van der Waals surface area contributed by atoms with Gasteiger partial charge in [0, 0.05) is 11.4 Å².